The first-order valence-electron chi connectivity index (χ1n) is 5.97. The number of rotatable bonds is 10. The predicted molar refractivity (Wildman–Crippen MR) is 66.3 cm³/mol. The molecule has 2 amide bonds. The van der Waals surface area contributed by atoms with Gasteiger partial charge in [0.05, 0.1) is 0 Å². The van der Waals surface area contributed by atoms with Gasteiger partial charge in [-0.3, -0.25) is 9.80 Å². The molecule has 2 atom stereocenters. The van der Waals surface area contributed by atoms with Crippen molar-refractivity contribution < 1.29 is 33.2 Å². The third-order valence-electron chi connectivity index (χ3n) is 2.60. The van der Waals surface area contributed by atoms with Crippen molar-refractivity contribution in [1.82, 2.24) is 9.80 Å². The summed E-state index contributed by atoms with van der Waals surface area (Å²) in [6.45, 7) is 0.179. The van der Waals surface area contributed by atoms with E-state index in [2.05, 4.69) is 0 Å². The van der Waals surface area contributed by atoms with E-state index in [4.69, 9.17) is 28.4 Å². The largest absolute Gasteiger partial charge is 0.364 e. The van der Waals surface area contributed by atoms with Gasteiger partial charge in [-0.05, 0) is 0 Å². The fourth-order valence-electron chi connectivity index (χ4n) is 1.85. The van der Waals surface area contributed by atoms with Gasteiger partial charge in [0.2, 0.25) is 0 Å². The lowest BCUT2D eigenvalue weighted by Crippen LogP contribution is -2.43. The second-order valence-electron chi connectivity index (χ2n) is 3.99. The summed E-state index contributed by atoms with van der Waals surface area (Å²) in [7, 11) is 5.97. The summed E-state index contributed by atoms with van der Waals surface area (Å²) >= 11 is 0. The summed E-state index contributed by atoms with van der Waals surface area (Å²) < 4.78 is 30.8. The Morgan fingerprint density at radius 2 is 1.20 bits per heavy atom. The molecule has 0 saturated carbocycles. The van der Waals surface area contributed by atoms with Crippen LogP contribution in [-0.4, -0.2) is 83.8 Å². The molecule has 1 rings (SSSR count). The summed E-state index contributed by atoms with van der Waals surface area (Å²) in [6, 6.07) is -0.309. The molecule has 9 nitrogen and oxygen atoms in total. The fraction of sp³-hybridized carbons (Fsp3) is 0.909. The van der Waals surface area contributed by atoms with Crippen molar-refractivity contribution in [1.29, 1.82) is 0 Å². The van der Waals surface area contributed by atoms with Crippen molar-refractivity contribution in [2.45, 2.75) is 12.5 Å². The van der Waals surface area contributed by atoms with Gasteiger partial charge in [-0.25, -0.2) is 4.79 Å². The Bertz CT molecular complexity index is 266. The van der Waals surface area contributed by atoms with E-state index in [0.717, 1.165) is 0 Å². The van der Waals surface area contributed by atoms with Crippen molar-refractivity contribution in [2.75, 3.05) is 55.5 Å². The molecule has 20 heavy (non-hydrogen) atoms. The molecule has 0 radical (unpaired) electrons. The Morgan fingerprint density at radius 3 is 1.50 bits per heavy atom. The van der Waals surface area contributed by atoms with Gasteiger partial charge in [0.15, 0.2) is 12.5 Å². The van der Waals surface area contributed by atoms with Gasteiger partial charge in [0.25, 0.3) is 0 Å². The maximum atomic E-state index is 12.3. The average molecular weight is 294 g/mol. The maximum absolute atomic E-state index is 12.3. The Morgan fingerprint density at radius 1 is 0.800 bits per heavy atom. The lowest BCUT2D eigenvalue weighted by atomic mass is 10.4. The number of urea groups is 1. The molecule has 0 bridgehead atoms. The molecule has 1 heterocycles. The highest BCUT2D eigenvalue weighted by atomic mass is 16.7. The van der Waals surface area contributed by atoms with Crippen LogP contribution in [0.5, 0.6) is 0 Å². The van der Waals surface area contributed by atoms with Crippen LogP contribution in [0, 0.1) is 0 Å². The minimum absolute atomic E-state index is 0.0197. The summed E-state index contributed by atoms with van der Waals surface area (Å²) in [5.74, 6) is 0. The predicted octanol–water partition coefficient (Wildman–Crippen LogP) is -0.175. The SMILES string of the molecule is COCOC1C(OCOC)N(COC)C(=O)N1COC. The van der Waals surface area contributed by atoms with Gasteiger partial charge in [-0.1, -0.05) is 0 Å². The summed E-state index contributed by atoms with van der Waals surface area (Å²) in [6.07, 6.45) is -1.35. The van der Waals surface area contributed by atoms with Crippen molar-refractivity contribution in [2.24, 2.45) is 0 Å². The topological polar surface area (TPSA) is 78.9 Å². The van der Waals surface area contributed by atoms with E-state index >= 15 is 0 Å². The highest BCUT2D eigenvalue weighted by molar-refractivity contribution is 5.77. The number of carbonyl (C=O) groups is 1. The van der Waals surface area contributed by atoms with E-state index in [9.17, 15) is 4.79 Å². The smallest absolute Gasteiger partial charge is 0.328 e. The number of hydrogen-bond donors (Lipinski definition) is 0. The van der Waals surface area contributed by atoms with Crippen LogP contribution in [0.2, 0.25) is 0 Å². The lowest BCUT2D eigenvalue weighted by molar-refractivity contribution is -0.210. The van der Waals surface area contributed by atoms with Crippen LogP contribution in [-0.2, 0) is 28.4 Å². The van der Waals surface area contributed by atoms with Gasteiger partial charge < -0.3 is 28.4 Å². The normalized spacial score (nSPS) is 22.9. The van der Waals surface area contributed by atoms with Crippen LogP contribution in [0.1, 0.15) is 0 Å². The second kappa shape index (κ2) is 9.06. The molecule has 118 valence electrons. The van der Waals surface area contributed by atoms with Gasteiger partial charge >= 0.3 is 6.03 Å². The summed E-state index contributed by atoms with van der Waals surface area (Å²) in [4.78, 5) is 15.1. The number of ether oxygens (including phenoxy) is 6. The van der Waals surface area contributed by atoms with Crippen molar-refractivity contribution in [3.05, 3.63) is 0 Å². The lowest BCUT2D eigenvalue weighted by Gasteiger charge is -2.26. The molecular weight excluding hydrogens is 272 g/mol. The highest BCUT2D eigenvalue weighted by Crippen LogP contribution is 2.25. The first-order chi connectivity index (χ1) is 9.71. The molecule has 2 unspecified atom stereocenters. The van der Waals surface area contributed by atoms with E-state index < -0.39 is 12.5 Å². The molecule has 0 N–H and O–H groups in total. The third-order valence-corrected chi connectivity index (χ3v) is 2.60. The van der Waals surface area contributed by atoms with Crippen LogP contribution < -0.4 is 0 Å². The van der Waals surface area contributed by atoms with Crippen LogP contribution in [0.3, 0.4) is 0 Å². The molecular formula is C11H22N2O7. The second-order valence-corrected chi connectivity index (χ2v) is 3.99. The van der Waals surface area contributed by atoms with Gasteiger partial charge in [-0.15, -0.1) is 0 Å². The summed E-state index contributed by atoms with van der Waals surface area (Å²) in [5, 5.41) is 0. The molecule has 0 aromatic heterocycles. The minimum Gasteiger partial charge on any atom is -0.364 e. The summed E-state index contributed by atoms with van der Waals surface area (Å²) in [5.41, 5.74) is 0. The number of nitrogens with zero attached hydrogens (tertiary/aromatic N) is 2. The van der Waals surface area contributed by atoms with E-state index in [1.54, 1.807) is 0 Å². The van der Waals surface area contributed by atoms with E-state index in [-0.39, 0.29) is 33.1 Å². The molecule has 1 aliphatic heterocycles. The van der Waals surface area contributed by atoms with Crippen molar-refractivity contribution in [3.63, 3.8) is 0 Å². The zero-order valence-electron chi connectivity index (χ0n) is 12.2. The van der Waals surface area contributed by atoms with Crippen molar-refractivity contribution >= 4 is 6.03 Å². The highest BCUT2D eigenvalue weighted by Gasteiger charge is 2.47. The van der Waals surface area contributed by atoms with E-state index in [0.29, 0.717) is 0 Å². The third kappa shape index (κ3) is 4.01. The molecule has 9 heteroatoms. The van der Waals surface area contributed by atoms with Crippen LogP contribution >= 0.6 is 0 Å². The molecule has 0 aromatic carbocycles. The first kappa shape index (κ1) is 17.1. The van der Waals surface area contributed by atoms with E-state index in [1.165, 1.54) is 38.2 Å². The van der Waals surface area contributed by atoms with Crippen LogP contribution in [0.25, 0.3) is 0 Å². The molecule has 0 aliphatic carbocycles. The molecule has 1 aliphatic rings. The first-order valence-corrected chi connectivity index (χ1v) is 5.97. The number of hydrogen-bond acceptors (Lipinski definition) is 7. The van der Waals surface area contributed by atoms with Crippen LogP contribution in [0.15, 0.2) is 0 Å². The Kier molecular flexibility index (Phi) is 7.73. The number of methoxy groups -OCH3 is 4. The number of amides is 2. The van der Waals surface area contributed by atoms with Crippen LogP contribution in [0.4, 0.5) is 4.79 Å². The quantitative estimate of drug-likeness (QED) is 0.517. The Labute approximate surface area is 118 Å². The Hall–Kier alpha value is -0.970. The van der Waals surface area contributed by atoms with E-state index in [1.807, 2.05) is 0 Å². The average Bonchev–Trinajstić information content (AvgIpc) is 2.69. The van der Waals surface area contributed by atoms with Crippen molar-refractivity contribution in [3.8, 4) is 0 Å². The van der Waals surface area contributed by atoms with Gasteiger partial charge in [0.1, 0.15) is 27.0 Å². The maximum Gasteiger partial charge on any atom is 0.328 e. The zero-order valence-corrected chi connectivity index (χ0v) is 12.2. The van der Waals surface area contributed by atoms with Gasteiger partial charge in [-0.2, -0.15) is 0 Å². The Balaban J connectivity index is 2.85. The van der Waals surface area contributed by atoms with Gasteiger partial charge in [0, 0.05) is 28.4 Å². The minimum atomic E-state index is -0.673. The fourth-order valence-corrected chi connectivity index (χ4v) is 1.85. The standard InChI is InChI=1S/C11H22N2O7/c1-15-5-12-9(19-7-17-3)10(20-8-18-4)13(6-16-2)11(12)14/h9-10H,5-8H2,1-4H3. The molecule has 1 fully saturated rings. The molecule has 0 spiro atoms. The number of carbonyl (C=O) groups excluding carboxylic acids is 1. The molecule has 1 saturated heterocycles. The molecule has 0 aromatic rings. The monoisotopic (exact) mass is 294 g/mol. The zero-order chi connectivity index (χ0) is 15.0.